The van der Waals surface area contributed by atoms with E-state index in [-0.39, 0.29) is 11.8 Å². The lowest BCUT2D eigenvalue weighted by Gasteiger charge is -2.19. The molecule has 1 amide bonds. The van der Waals surface area contributed by atoms with E-state index in [1.807, 2.05) is 11.8 Å². The predicted octanol–water partition coefficient (Wildman–Crippen LogP) is 3.29. The minimum Gasteiger partial charge on any atom is -0.479 e. The Bertz CT molecular complexity index is 1170. The summed E-state index contributed by atoms with van der Waals surface area (Å²) in [6.45, 7) is 3.16. The van der Waals surface area contributed by atoms with Crippen LogP contribution in [-0.2, 0) is 0 Å². The number of allylic oxidation sites excluding steroid dienone is 1. The highest BCUT2D eigenvalue weighted by Gasteiger charge is 2.40. The standard InChI is InChI=1S/C23H22FN5O2/c1-14-11-25-22(31-2)21(27-14)15-8-16-12-28(13-17(16)9-15)23(30)19-5-4-18(24)10-20(19)29-7-3-6-26-29/h3-8,10-11,16-17H,9,12-13H2,1-2H3. The molecular formula is C23H22FN5O2. The van der Waals surface area contributed by atoms with Crippen LogP contribution in [-0.4, -0.2) is 50.8 Å². The maximum absolute atomic E-state index is 13.9. The first-order valence-corrected chi connectivity index (χ1v) is 10.2. The van der Waals surface area contributed by atoms with Crippen molar-refractivity contribution in [2.24, 2.45) is 11.8 Å². The van der Waals surface area contributed by atoms with Gasteiger partial charge in [0.2, 0.25) is 5.88 Å². The van der Waals surface area contributed by atoms with E-state index in [0.717, 1.165) is 23.4 Å². The molecule has 7 nitrogen and oxygen atoms in total. The zero-order valence-electron chi connectivity index (χ0n) is 17.3. The molecule has 0 saturated carbocycles. The van der Waals surface area contributed by atoms with Crippen LogP contribution in [0.3, 0.4) is 0 Å². The highest BCUT2D eigenvalue weighted by molar-refractivity contribution is 5.98. The highest BCUT2D eigenvalue weighted by Crippen LogP contribution is 2.42. The van der Waals surface area contributed by atoms with Crippen LogP contribution in [0.4, 0.5) is 4.39 Å². The SMILES string of the molecule is COc1ncc(C)nc1C1=CC2CN(C(=O)c3ccc(F)cc3-n3cccn3)CC2C1. The molecule has 0 spiro atoms. The van der Waals surface area contributed by atoms with E-state index in [9.17, 15) is 9.18 Å². The fraction of sp³-hybridized carbons (Fsp3) is 0.304. The number of halogens is 1. The number of hydrogen-bond donors (Lipinski definition) is 0. The van der Waals surface area contributed by atoms with Crippen LogP contribution in [0.15, 0.2) is 48.9 Å². The fourth-order valence-corrected chi connectivity index (χ4v) is 4.53. The predicted molar refractivity (Wildman–Crippen MR) is 112 cm³/mol. The molecule has 2 aromatic heterocycles. The van der Waals surface area contributed by atoms with Gasteiger partial charge in [0.05, 0.1) is 30.3 Å². The molecule has 1 aliphatic carbocycles. The molecule has 0 N–H and O–H groups in total. The first-order chi connectivity index (χ1) is 15.0. The summed E-state index contributed by atoms with van der Waals surface area (Å²) in [5.74, 6) is 0.586. The normalized spacial score (nSPS) is 20.0. The van der Waals surface area contributed by atoms with Crippen LogP contribution in [0.1, 0.15) is 28.2 Å². The fourth-order valence-electron chi connectivity index (χ4n) is 4.53. The minimum absolute atomic E-state index is 0.109. The molecule has 2 aliphatic rings. The molecule has 31 heavy (non-hydrogen) atoms. The number of aromatic nitrogens is 4. The van der Waals surface area contributed by atoms with Crippen LogP contribution < -0.4 is 4.74 Å². The Morgan fingerprint density at radius 2 is 2.16 bits per heavy atom. The van der Waals surface area contributed by atoms with E-state index in [2.05, 4.69) is 21.1 Å². The molecule has 5 rings (SSSR count). The van der Waals surface area contributed by atoms with Crippen LogP contribution in [0, 0.1) is 24.6 Å². The third kappa shape index (κ3) is 3.48. The zero-order valence-corrected chi connectivity index (χ0v) is 17.3. The van der Waals surface area contributed by atoms with E-state index in [1.165, 1.54) is 22.9 Å². The van der Waals surface area contributed by atoms with Gasteiger partial charge >= 0.3 is 0 Å². The van der Waals surface area contributed by atoms with Gasteiger partial charge in [-0.05, 0) is 49.0 Å². The third-order valence-corrected chi connectivity index (χ3v) is 5.97. The number of hydrogen-bond acceptors (Lipinski definition) is 5. The Morgan fingerprint density at radius 3 is 2.90 bits per heavy atom. The second kappa shape index (κ2) is 7.61. The van der Waals surface area contributed by atoms with Crippen molar-refractivity contribution >= 4 is 11.5 Å². The number of ether oxygens (including phenoxy) is 1. The number of carbonyl (C=O) groups excluding carboxylic acids is 1. The van der Waals surface area contributed by atoms with E-state index in [1.54, 1.807) is 31.8 Å². The van der Waals surface area contributed by atoms with Gasteiger partial charge < -0.3 is 9.64 Å². The second-order valence-electron chi connectivity index (χ2n) is 8.01. The van der Waals surface area contributed by atoms with Gasteiger partial charge in [0.1, 0.15) is 11.5 Å². The Hall–Kier alpha value is -3.55. The van der Waals surface area contributed by atoms with E-state index < -0.39 is 5.82 Å². The third-order valence-electron chi connectivity index (χ3n) is 5.97. The van der Waals surface area contributed by atoms with Crippen LogP contribution >= 0.6 is 0 Å². The van der Waals surface area contributed by atoms with E-state index in [0.29, 0.717) is 36.1 Å². The Kier molecular flexibility index (Phi) is 4.77. The van der Waals surface area contributed by atoms with Crippen molar-refractivity contribution in [3.63, 3.8) is 0 Å². The average Bonchev–Trinajstić information content (AvgIpc) is 3.49. The molecule has 2 atom stereocenters. The summed E-state index contributed by atoms with van der Waals surface area (Å²) in [6, 6.07) is 5.95. The lowest BCUT2D eigenvalue weighted by Crippen LogP contribution is -2.30. The molecule has 3 heterocycles. The maximum atomic E-state index is 13.9. The lowest BCUT2D eigenvalue weighted by molar-refractivity contribution is 0.0784. The molecule has 8 heteroatoms. The maximum Gasteiger partial charge on any atom is 0.256 e. The van der Waals surface area contributed by atoms with Crippen molar-refractivity contribution in [1.29, 1.82) is 0 Å². The Balaban J connectivity index is 1.39. The summed E-state index contributed by atoms with van der Waals surface area (Å²) in [6.07, 6.45) is 8.02. The van der Waals surface area contributed by atoms with Crippen molar-refractivity contribution in [2.45, 2.75) is 13.3 Å². The highest BCUT2D eigenvalue weighted by atomic mass is 19.1. The van der Waals surface area contributed by atoms with Crippen LogP contribution in [0.2, 0.25) is 0 Å². The number of methoxy groups -OCH3 is 1. The summed E-state index contributed by atoms with van der Waals surface area (Å²) in [5, 5.41) is 4.17. The number of aryl methyl sites for hydroxylation is 1. The Morgan fingerprint density at radius 1 is 1.29 bits per heavy atom. The molecule has 2 unspecified atom stereocenters. The lowest BCUT2D eigenvalue weighted by atomic mass is 9.99. The van der Waals surface area contributed by atoms with Crippen LogP contribution in [0.25, 0.3) is 11.3 Å². The number of amides is 1. The van der Waals surface area contributed by atoms with Gasteiger partial charge in [-0.1, -0.05) is 6.08 Å². The summed E-state index contributed by atoms with van der Waals surface area (Å²) < 4.78 is 20.8. The number of benzene rings is 1. The number of nitrogens with zero attached hydrogens (tertiary/aromatic N) is 5. The number of carbonyl (C=O) groups is 1. The summed E-state index contributed by atoms with van der Waals surface area (Å²) in [4.78, 5) is 24.1. The zero-order chi connectivity index (χ0) is 21.5. The summed E-state index contributed by atoms with van der Waals surface area (Å²) >= 11 is 0. The molecule has 1 saturated heterocycles. The van der Waals surface area contributed by atoms with Crippen molar-refractivity contribution in [1.82, 2.24) is 24.6 Å². The monoisotopic (exact) mass is 419 g/mol. The topological polar surface area (TPSA) is 73.1 Å². The molecule has 3 aromatic rings. The van der Waals surface area contributed by atoms with Gasteiger partial charge in [-0.25, -0.2) is 19.0 Å². The van der Waals surface area contributed by atoms with Gasteiger partial charge in [-0.15, -0.1) is 0 Å². The first-order valence-electron chi connectivity index (χ1n) is 10.2. The first kappa shape index (κ1) is 19.4. The molecule has 0 bridgehead atoms. The van der Waals surface area contributed by atoms with E-state index >= 15 is 0 Å². The van der Waals surface area contributed by atoms with Gasteiger partial charge in [0.15, 0.2) is 0 Å². The quantitative estimate of drug-likeness (QED) is 0.649. The van der Waals surface area contributed by atoms with Crippen molar-refractivity contribution in [2.75, 3.05) is 20.2 Å². The second-order valence-corrected chi connectivity index (χ2v) is 8.01. The smallest absolute Gasteiger partial charge is 0.256 e. The molecule has 1 aliphatic heterocycles. The van der Waals surface area contributed by atoms with Gasteiger partial charge in [-0.3, -0.25) is 4.79 Å². The van der Waals surface area contributed by atoms with Gasteiger partial charge in [0, 0.05) is 31.5 Å². The minimum atomic E-state index is -0.402. The van der Waals surface area contributed by atoms with E-state index in [4.69, 9.17) is 4.74 Å². The molecule has 1 fully saturated rings. The van der Waals surface area contributed by atoms with Crippen molar-refractivity contribution in [3.05, 3.63) is 71.7 Å². The average molecular weight is 419 g/mol. The molecular weight excluding hydrogens is 397 g/mol. The van der Waals surface area contributed by atoms with Crippen molar-refractivity contribution < 1.29 is 13.9 Å². The number of likely N-dealkylation sites (tertiary alicyclic amines) is 1. The number of rotatable bonds is 4. The van der Waals surface area contributed by atoms with Crippen LogP contribution in [0.5, 0.6) is 5.88 Å². The van der Waals surface area contributed by atoms with Crippen molar-refractivity contribution in [3.8, 4) is 11.6 Å². The molecule has 0 radical (unpaired) electrons. The summed E-state index contributed by atoms with van der Waals surface area (Å²) in [5.41, 5.74) is 3.64. The van der Waals surface area contributed by atoms with Gasteiger partial charge in [0.25, 0.3) is 5.91 Å². The largest absolute Gasteiger partial charge is 0.479 e. The Labute approximate surface area is 179 Å². The summed E-state index contributed by atoms with van der Waals surface area (Å²) in [7, 11) is 1.60. The number of fused-ring (bicyclic) bond motifs is 1. The molecule has 158 valence electrons. The molecule has 1 aromatic carbocycles. The van der Waals surface area contributed by atoms with Gasteiger partial charge in [-0.2, -0.15) is 5.10 Å².